The molecule has 0 atom stereocenters. The van der Waals surface area contributed by atoms with Crippen molar-refractivity contribution in [3.05, 3.63) is 29.6 Å². The summed E-state index contributed by atoms with van der Waals surface area (Å²) < 4.78 is 61.6. The summed E-state index contributed by atoms with van der Waals surface area (Å²) in [6.45, 7) is 5.23. The molecule has 0 unspecified atom stereocenters. The lowest BCUT2D eigenvalue weighted by Gasteiger charge is -2.36. The smallest absolute Gasteiger partial charge is 0.419 e. The van der Waals surface area contributed by atoms with Crippen molar-refractivity contribution >= 4 is 6.09 Å². The Bertz CT molecular complexity index is 604. The second kappa shape index (κ2) is 6.49. The highest BCUT2D eigenvalue weighted by atomic mass is 19.4. The number of benzene rings is 1. The molecule has 1 aromatic carbocycles. The number of alkyl halides is 3. The summed E-state index contributed by atoms with van der Waals surface area (Å²) in [5.41, 5.74) is -1.96. The number of nitrogens with one attached hydrogen (secondary N) is 1. The number of alkyl carbamates (subject to hydrolysis) is 1. The van der Waals surface area contributed by atoms with E-state index in [2.05, 4.69) is 5.32 Å². The van der Waals surface area contributed by atoms with Crippen molar-refractivity contribution in [2.45, 2.75) is 57.5 Å². The van der Waals surface area contributed by atoms with Crippen LogP contribution in [0.25, 0.3) is 0 Å². The van der Waals surface area contributed by atoms with Gasteiger partial charge in [-0.3, -0.25) is 0 Å². The van der Waals surface area contributed by atoms with Crippen LogP contribution in [-0.4, -0.2) is 23.8 Å². The first-order chi connectivity index (χ1) is 10.9. The van der Waals surface area contributed by atoms with Gasteiger partial charge in [0.25, 0.3) is 0 Å². The van der Waals surface area contributed by atoms with Crippen LogP contribution in [-0.2, 0) is 10.9 Å². The Balaban J connectivity index is 1.85. The van der Waals surface area contributed by atoms with Crippen LogP contribution in [0, 0.1) is 5.82 Å². The van der Waals surface area contributed by atoms with E-state index in [1.54, 1.807) is 20.8 Å². The summed E-state index contributed by atoms with van der Waals surface area (Å²) in [5.74, 6) is -1.39. The van der Waals surface area contributed by atoms with Crippen molar-refractivity contribution in [3.63, 3.8) is 0 Å². The number of ether oxygens (including phenoxy) is 2. The van der Waals surface area contributed by atoms with E-state index < -0.39 is 29.3 Å². The number of carbonyl (C=O) groups is 1. The molecule has 24 heavy (non-hydrogen) atoms. The Kier molecular flexibility index (Phi) is 4.96. The van der Waals surface area contributed by atoms with Gasteiger partial charge in [-0.1, -0.05) is 0 Å². The Morgan fingerprint density at radius 1 is 1.21 bits per heavy atom. The minimum Gasteiger partial charge on any atom is -0.490 e. The molecule has 1 N–H and O–H groups in total. The third kappa shape index (κ3) is 5.01. The molecule has 4 nitrogen and oxygen atoms in total. The highest BCUT2D eigenvalue weighted by molar-refractivity contribution is 5.68. The van der Waals surface area contributed by atoms with E-state index in [1.807, 2.05) is 0 Å². The summed E-state index contributed by atoms with van der Waals surface area (Å²) in [6, 6.07) is 2.36. The van der Waals surface area contributed by atoms with E-state index >= 15 is 0 Å². The summed E-state index contributed by atoms with van der Waals surface area (Å²) in [6.07, 6.45) is -4.77. The standard InChI is InChI=1S/C16H19F4NO3/c1-15(2,3)24-14(22)21-9-6-11(7-9)23-10-4-5-13(17)12(8-10)16(18,19)20/h4-5,8-9,11H,6-7H2,1-3H3,(H,21,22)/t9-,11-. The van der Waals surface area contributed by atoms with Gasteiger partial charge in [0.05, 0.1) is 5.56 Å². The van der Waals surface area contributed by atoms with E-state index in [-0.39, 0.29) is 17.9 Å². The highest BCUT2D eigenvalue weighted by Gasteiger charge is 2.36. The summed E-state index contributed by atoms with van der Waals surface area (Å²) in [5, 5.41) is 2.65. The van der Waals surface area contributed by atoms with Crippen molar-refractivity contribution in [2.24, 2.45) is 0 Å². The Morgan fingerprint density at radius 2 is 1.83 bits per heavy atom. The molecule has 1 aliphatic carbocycles. The Labute approximate surface area is 137 Å². The zero-order valence-electron chi connectivity index (χ0n) is 13.5. The van der Waals surface area contributed by atoms with Gasteiger partial charge in [-0.2, -0.15) is 13.2 Å². The average molecular weight is 349 g/mol. The third-order valence-corrected chi connectivity index (χ3v) is 3.36. The lowest BCUT2D eigenvalue weighted by molar-refractivity contribution is -0.140. The second-order valence-corrected chi connectivity index (χ2v) is 6.69. The molecule has 0 aliphatic heterocycles. The topological polar surface area (TPSA) is 47.6 Å². The van der Waals surface area contributed by atoms with Crippen LogP contribution in [0.3, 0.4) is 0 Å². The number of amides is 1. The minimum absolute atomic E-state index is 0.0514. The maximum atomic E-state index is 13.2. The summed E-state index contributed by atoms with van der Waals surface area (Å²) in [4.78, 5) is 11.6. The minimum atomic E-state index is -4.77. The van der Waals surface area contributed by atoms with Gasteiger partial charge in [-0.15, -0.1) is 0 Å². The van der Waals surface area contributed by atoms with Crippen molar-refractivity contribution in [1.29, 1.82) is 0 Å². The molecule has 1 aliphatic rings. The van der Waals surface area contributed by atoms with Crippen molar-refractivity contribution in [3.8, 4) is 5.75 Å². The van der Waals surface area contributed by atoms with E-state index in [1.165, 1.54) is 0 Å². The van der Waals surface area contributed by atoms with Crippen LogP contribution >= 0.6 is 0 Å². The SMILES string of the molecule is CC(C)(C)OC(=O)N[C@H]1C[C@H](Oc2ccc(F)c(C(F)(F)F)c2)C1. The van der Waals surface area contributed by atoms with Gasteiger partial charge in [0, 0.05) is 18.9 Å². The number of hydrogen-bond acceptors (Lipinski definition) is 3. The van der Waals surface area contributed by atoms with Gasteiger partial charge in [-0.05, 0) is 39.0 Å². The fourth-order valence-corrected chi connectivity index (χ4v) is 2.24. The molecule has 8 heteroatoms. The van der Waals surface area contributed by atoms with Crippen LogP contribution in [0.4, 0.5) is 22.4 Å². The molecule has 0 aromatic heterocycles. The average Bonchev–Trinajstić information content (AvgIpc) is 2.34. The molecule has 1 aromatic rings. The van der Waals surface area contributed by atoms with Gasteiger partial charge in [-0.25, -0.2) is 9.18 Å². The van der Waals surface area contributed by atoms with E-state index in [9.17, 15) is 22.4 Å². The normalized spacial score (nSPS) is 21.0. The molecule has 2 rings (SSSR count). The largest absolute Gasteiger partial charge is 0.490 e. The second-order valence-electron chi connectivity index (χ2n) is 6.69. The van der Waals surface area contributed by atoms with Crippen molar-refractivity contribution in [1.82, 2.24) is 5.32 Å². The first-order valence-corrected chi connectivity index (χ1v) is 7.47. The number of hydrogen-bond donors (Lipinski definition) is 1. The summed E-state index contributed by atoms with van der Waals surface area (Å²) in [7, 11) is 0. The molecule has 0 bridgehead atoms. The van der Waals surface area contributed by atoms with Gasteiger partial charge in [0.15, 0.2) is 0 Å². The van der Waals surface area contributed by atoms with Gasteiger partial charge >= 0.3 is 12.3 Å². The van der Waals surface area contributed by atoms with Crippen LogP contribution in [0.5, 0.6) is 5.75 Å². The predicted octanol–water partition coefficient (Wildman–Crippen LogP) is 4.28. The lowest BCUT2D eigenvalue weighted by Crippen LogP contribution is -2.50. The van der Waals surface area contributed by atoms with Crippen LogP contribution in [0.15, 0.2) is 18.2 Å². The zero-order chi connectivity index (χ0) is 18.1. The monoisotopic (exact) mass is 349 g/mol. The van der Waals surface area contributed by atoms with Crippen molar-refractivity contribution in [2.75, 3.05) is 0 Å². The fourth-order valence-electron chi connectivity index (χ4n) is 2.24. The third-order valence-electron chi connectivity index (χ3n) is 3.36. The quantitative estimate of drug-likeness (QED) is 0.829. The van der Waals surface area contributed by atoms with Crippen LogP contribution < -0.4 is 10.1 Å². The van der Waals surface area contributed by atoms with E-state index in [0.717, 1.165) is 12.1 Å². The Morgan fingerprint density at radius 3 is 2.38 bits per heavy atom. The fraction of sp³-hybridized carbons (Fsp3) is 0.562. The number of carbonyl (C=O) groups excluding carboxylic acids is 1. The number of rotatable bonds is 3. The van der Waals surface area contributed by atoms with Gasteiger partial charge in [0.2, 0.25) is 0 Å². The molecular formula is C16H19F4NO3. The molecule has 0 heterocycles. The first kappa shape index (κ1) is 18.4. The van der Waals surface area contributed by atoms with Gasteiger partial charge < -0.3 is 14.8 Å². The highest BCUT2D eigenvalue weighted by Crippen LogP contribution is 2.35. The molecule has 1 saturated carbocycles. The van der Waals surface area contributed by atoms with E-state index in [0.29, 0.717) is 18.9 Å². The molecule has 134 valence electrons. The molecule has 0 spiro atoms. The molecular weight excluding hydrogens is 330 g/mol. The van der Waals surface area contributed by atoms with Crippen molar-refractivity contribution < 1.29 is 31.8 Å². The predicted molar refractivity (Wildman–Crippen MR) is 78.2 cm³/mol. The maximum absolute atomic E-state index is 13.2. The molecule has 1 amide bonds. The lowest BCUT2D eigenvalue weighted by atomic mass is 9.89. The van der Waals surface area contributed by atoms with E-state index in [4.69, 9.17) is 9.47 Å². The van der Waals surface area contributed by atoms with Gasteiger partial charge in [0.1, 0.15) is 23.3 Å². The first-order valence-electron chi connectivity index (χ1n) is 7.47. The molecule has 0 radical (unpaired) electrons. The van der Waals surface area contributed by atoms with Crippen LogP contribution in [0.1, 0.15) is 39.2 Å². The summed E-state index contributed by atoms with van der Waals surface area (Å²) >= 11 is 0. The Hall–Kier alpha value is -1.99. The van der Waals surface area contributed by atoms with Crippen LogP contribution in [0.2, 0.25) is 0 Å². The maximum Gasteiger partial charge on any atom is 0.419 e. The molecule has 0 saturated heterocycles. The number of halogens is 4. The zero-order valence-corrected chi connectivity index (χ0v) is 13.5. The molecule has 1 fully saturated rings.